The molecule has 0 aliphatic carbocycles. The van der Waals surface area contributed by atoms with Crippen molar-refractivity contribution in [3.8, 4) is 11.3 Å². The number of imidazole rings is 1. The maximum absolute atomic E-state index is 13.0. The van der Waals surface area contributed by atoms with Gasteiger partial charge in [-0.1, -0.05) is 62.2 Å². The van der Waals surface area contributed by atoms with Gasteiger partial charge in [0.05, 0.1) is 22.8 Å². The molecule has 1 aliphatic heterocycles. The molecule has 35 heavy (non-hydrogen) atoms. The van der Waals surface area contributed by atoms with Crippen LogP contribution < -0.4 is 5.32 Å². The van der Waals surface area contributed by atoms with Gasteiger partial charge in [0, 0.05) is 19.5 Å². The number of aromatic amines is 1. The number of rotatable bonds is 9. The van der Waals surface area contributed by atoms with Crippen molar-refractivity contribution in [2.45, 2.75) is 62.8 Å². The lowest BCUT2D eigenvalue weighted by Crippen LogP contribution is -2.31. The van der Waals surface area contributed by atoms with Crippen LogP contribution in [0.1, 0.15) is 62.9 Å². The van der Waals surface area contributed by atoms with E-state index in [1.807, 2.05) is 49.4 Å². The first-order valence-corrected chi connectivity index (χ1v) is 13.9. The molecule has 1 aromatic heterocycles. The number of amides is 1. The standard InChI is InChI=1S/C27H34N4O3S/c1-2-24(27-28-20-25(30-27)22-10-6-5-7-11-22)29-26(32)17-14-21-12-15-23(16-13-21)35(33,34)31-18-8-3-4-9-19-31/h5-7,10-13,15-16,20,24H,2-4,8-9,14,17-19H2,1H3,(H,28,30)(H,29,32). The normalized spacial score (nSPS) is 15.9. The maximum Gasteiger partial charge on any atom is 0.243 e. The first-order chi connectivity index (χ1) is 17.0. The zero-order valence-corrected chi connectivity index (χ0v) is 21.1. The summed E-state index contributed by atoms with van der Waals surface area (Å²) in [5, 5.41) is 3.07. The van der Waals surface area contributed by atoms with Crippen LogP contribution in [-0.2, 0) is 21.2 Å². The van der Waals surface area contributed by atoms with E-state index in [0.29, 0.717) is 30.8 Å². The molecule has 0 spiro atoms. The van der Waals surface area contributed by atoms with E-state index in [0.717, 1.165) is 54.7 Å². The minimum atomic E-state index is -3.46. The summed E-state index contributed by atoms with van der Waals surface area (Å²) in [6.07, 6.45) is 7.37. The first kappa shape index (κ1) is 25.1. The second kappa shape index (κ2) is 11.6. The predicted octanol–water partition coefficient (Wildman–Crippen LogP) is 4.84. The van der Waals surface area contributed by atoms with Crippen LogP contribution >= 0.6 is 0 Å². The molecule has 3 aromatic rings. The molecule has 2 heterocycles. The lowest BCUT2D eigenvalue weighted by molar-refractivity contribution is -0.121. The van der Waals surface area contributed by atoms with E-state index < -0.39 is 10.0 Å². The quantitative estimate of drug-likeness (QED) is 0.445. The first-order valence-electron chi connectivity index (χ1n) is 12.5. The van der Waals surface area contributed by atoms with E-state index in [1.54, 1.807) is 22.6 Å². The highest BCUT2D eigenvalue weighted by atomic mass is 32.2. The van der Waals surface area contributed by atoms with Crippen molar-refractivity contribution in [1.82, 2.24) is 19.6 Å². The van der Waals surface area contributed by atoms with Gasteiger partial charge in [-0.05, 0) is 48.9 Å². The van der Waals surface area contributed by atoms with Gasteiger partial charge in [-0.25, -0.2) is 13.4 Å². The van der Waals surface area contributed by atoms with Gasteiger partial charge in [0.25, 0.3) is 0 Å². The van der Waals surface area contributed by atoms with Gasteiger partial charge < -0.3 is 10.3 Å². The fourth-order valence-electron chi connectivity index (χ4n) is 4.43. The smallest absolute Gasteiger partial charge is 0.243 e. The lowest BCUT2D eigenvalue weighted by atomic mass is 10.1. The van der Waals surface area contributed by atoms with Gasteiger partial charge in [0.2, 0.25) is 15.9 Å². The van der Waals surface area contributed by atoms with Crippen LogP contribution in [0.15, 0.2) is 65.7 Å². The summed E-state index contributed by atoms with van der Waals surface area (Å²) in [6, 6.07) is 16.7. The number of aromatic nitrogens is 2. The number of nitrogens with one attached hydrogen (secondary N) is 2. The summed E-state index contributed by atoms with van der Waals surface area (Å²) in [7, 11) is -3.46. The van der Waals surface area contributed by atoms with Crippen LogP contribution in [0.2, 0.25) is 0 Å². The van der Waals surface area contributed by atoms with E-state index in [1.165, 1.54) is 0 Å². The Hall–Kier alpha value is -2.97. The van der Waals surface area contributed by atoms with Crippen molar-refractivity contribution in [3.05, 3.63) is 72.2 Å². The molecule has 0 saturated carbocycles. The van der Waals surface area contributed by atoms with Gasteiger partial charge in [0.1, 0.15) is 5.82 Å². The number of carbonyl (C=O) groups is 1. The van der Waals surface area contributed by atoms with Gasteiger partial charge >= 0.3 is 0 Å². The Balaban J connectivity index is 1.32. The van der Waals surface area contributed by atoms with Gasteiger partial charge in [-0.15, -0.1) is 0 Å². The maximum atomic E-state index is 13.0. The highest BCUT2D eigenvalue weighted by molar-refractivity contribution is 7.89. The molecule has 1 fully saturated rings. The van der Waals surface area contributed by atoms with Gasteiger partial charge in [-0.3, -0.25) is 4.79 Å². The number of H-pyrrole nitrogens is 1. The molecular weight excluding hydrogens is 460 g/mol. The molecule has 4 rings (SSSR count). The molecule has 8 heteroatoms. The number of hydrogen-bond acceptors (Lipinski definition) is 4. The molecule has 2 N–H and O–H groups in total. The number of nitrogens with zero attached hydrogens (tertiary/aromatic N) is 2. The van der Waals surface area contributed by atoms with Crippen LogP contribution in [0.25, 0.3) is 11.3 Å². The summed E-state index contributed by atoms with van der Waals surface area (Å²) in [4.78, 5) is 20.8. The third kappa shape index (κ3) is 6.38. The lowest BCUT2D eigenvalue weighted by Gasteiger charge is -2.20. The van der Waals surface area contributed by atoms with Gasteiger partial charge in [-0.2, -0.15) is 4.31 Å². The van der Waals surface area contributed by atoms with Crippen LogP contribution in [0.3, 0.4) is 0 Å². The molecule has 1 amide bonds. The van der Waals surface area contributed by atoms with Crippen molar-refractivity contribution in [3.63, 3.8) is 0 Å². The van der Waals surface area contributed by atoms with Crippen LogP contribution in [-0.4, -0.2) is 41.7 Å². The Bertz CT molecular complexity index is 1200. The molecule has 186 valence electrons. The van der Waals surface area contributed by atoms with E-state index in [4.69, 9.17) is 0 Å². The second-order valence-electron chi connectivity index (χ2n) is 9.04. The Labute approximate surface area is 208 Å². The minimum absolute atomic E-state index is 0.0595. The molecule has 7 nitrogen and oxygen atoms in total. The van der Waals surface area contributed by atoms with Crippen LogP contribution in [0.5, 0.6) is 0 Å². The molecule has 0 radical (unpaired) electrons. The Morgan fingerprint density at radius 2 is 1.71 bits per heavy atom. The zero-order valence-electron chi connectivity index (χ0n) is 20.2. The van der Waals surface area contributed by atoms with E-state index in [-0.39, 0.29) is 11.9 Å². The van der Waals surface area contributed by atoms with Crippen LogP contribution in [0.4, 0.5) is 0 Å². The van der Waals surface area contributed by atoms with E-state index in [2.05, 4.69) is 15.3 Å². The largest absolute Gasteiger partial charge is 0.346 e. The Morgan fingerprint density at radius 3 is 2.37 bits per heavy atom. The van der Waals surface area contributed by atoms with Crippen molar-refractivity contribution < 1.29 is 13.2 Å². The predicted molar refractivity (Wildman–Crippen MR) is 137 cm³/mol. The summed E-state index contributed by atoms with van der Waals surface area (Å²) in [6.45, 7) is 3.19. The van der Waals surface area contributed by atoms with Crippen molar-refractivity contribution >= 4 is 15.9 Å². The fraction of sp³-hybridized carbons (Fsp3) is 0.407. The topological polar surface area (TPSA) is 95.2 Å². The highest BCUT2D eigenvalue weighted by Crippen LogP contribution is 2.22. The summed E-state index contributed by atoms with van der Waals surface area (Å²) >= 11 is 0. The summed E-state index contributed by atoms with van der Waals surface area (Å²) < 4.78 is 27.5. The molecular formula is C27H34N4O3S. The molecule has 2 aromatic carbocycles. The average Bonchev–Trinajstić information content (AvgIpc) is 3.20. The molecule has 0 bridgehead atoms. The number of hydrogen-bond donors (Lipinski definition) is 2. The molecule has 1 atom stereocenters. The summed E-state index contributed by atoms with van der Waals surface area (Å²) in [5.74, 6) is 0.679. The van der Waals surface area contributed by atoms with E-state index >= 15 is 0 Å². The van der Waals surface area contributed by atoms with Crippen molar-refractivity contribution in [2.75, 3.05) is 13.1 Å². The highest BCUT2D eigenvalue weighted by Gasteiger charge is 2.25. The number of aryl methyl sites for hydroxylation is 1. The third-order valence-electron chi connectivity index (χ3n) is 6.52. The third-order valence-corrected chi connectivity index (χ3v) is 8.43. The molecule has 1 saturated heterocycles. The molecule has 1 unspecified atom stereocenters. The SMILES string of the molecule is CCC(NC(=O)CCc1ccc(S(=O)(=O)N2CCCCCC2)cc1)c1ncc(-c2ccccc2)[nH]1. The number of benzene rings is 2. The summed E-state index contributed by atoms with van der Waals surface area (Å²) in [5.41, 5.74) is 2.91. The fourth-order valence-corrected chi connectivity index (χ4v) is 5.94. The average molecular weight is 495 g/mol. The van der Waals surface area contributed by atoms with Crippen LogP contribution in [0, 0.1) is 0 Å². The van der Waals surface area contributed by atoms with Crippen molar-refractivity contribution in [2.24, 2.45) is 0 Å². The Morgan fingerprint density at radius 1 is 1.03 bits per heavy atom. The van der Waals surface area contributed by atoms with Gasteiger partial charge in [0.15, 0.2) is 0 Å². The second-order valence-corrected chi connectivity index (χ2v) is 11.0. The van der Waals surface area contributed by atoms with Crippen molar-refractivity contribution in [1.29, 1.82) is 0 Å². The Kier molecular flexibility index (Phi) is 8.36. The number of carbonyl (C=O) groups excluding carboxylic acids is 1. The molecule has 1 aliphatic rings. The monoisotopic (exact) mass is 494 g/mol. The minimum Gasteiger partial charge on any atom is -0.346 e. The zero-order chi connectivity index (χ0) is 24.7. The van der Waals surface area contributed by atoms with E-state index in [9.17, 15) is 13.2 Å². The number of sulfonamides is 1.